The van der Waals surface area contributed by atoms with E-state index in [1.807, 2.05) is 0 Å². The third-order valence-electron chi connectivity index (χ3n) is 3.77. The van der Waals surface area contributed by atoms with Crippen molar-refractivity contribution in [3.8, 4) is 0 Å². The van der Waals surface area contributed by atoms with E-state index in [4.69, 9.17) is 0 Å². The molecule has 0 unspecified atom stereocenters. The fourth-order valence-electron chi connectivity index (χ4n) is 2.37. The highest BCUT2D eigenvalue weighted by Gasteiger charge is 2.28. The van der Waals surface area contributed by atoms with Crippen molar-refractivity contribution in [2.75, 3.05) is 39.5 Å². The molecule has 1 rings (SSSR count). The highest BCUT2D eigenvalue weighted by atomic mass is 32.2. The minimum absolute atomic E-state index is 0.180. The van der Waals surface area contributed by atoms with Gasteiger partial charge >= 0.3 is 0 Å². The van der Waals surface area contributed by atoms with Crippen LogP contribution < -0.4 is 5.32 Å². The Morgan fingerprint density at radius 2 is 1.89 bits per heavy atom. The zero-order valence-electron chi connectivity index (χ0n) is 12.7. The average molecular weight is 291 g/mol. The summed E-state index contributed by atoms with van der Waals surface area (Å²) in [5.74, 6) is 0.246. The molecule has 0 amide bonds. The van der Waals surface area contributed by atoms with Gasteiger partial charge in [-0.2, -0.15) is 0 Å². The minimum atomic E-state index is -3.10. The second-order valence-electron chi connectivity index (χ2n) is 5.83. The van der Waals surface area contributed by atoms with E-state index in [0.717, 1.165) is 32.5 Å². The number of nitrogens with one attached hydrogen (secondary N) is 1. The topological polar surface area (TPSA) is 52.7 Å². The van der Waals surface area contributed by atoms with Crippen LogP contribution in [0.2, 0.25) is 0 Å². The van der Waals surface area contributed by atoms with Crippen molar-refractivity contribution in [3.05, 3.63) is 0 Å². The van der Waals surface area contributed by atoms with E-state index in [0.29, 0.717) is 12.5 Å². The Hall–Kier alpha value is -0.170. The minimum Gasteiger partial charge on any atom is -0.314 e. The summed E-state index contributed by atoms with van der Waals surface area (Å²) in [6.45, 7) is 6.87. The smallest absolute Gasteiger partial charge is 0.214 e. The summed E-state index contributed by atoms with van der Waals surface area (Å²) in [6.07, 6.45) is 2.56. The van der Waals surface area contributed by atoms with Gasteiger partial charge in [0.2, 0.25) is 10.0 Å². The van der Waals surface area contributed by atoms with Gasteiger partial charge in [0.15, 0.2) is 0 Å². The molecule has 19 heavy (non-hydrogen) atoms. The maximum Gasteiger partial charge on any atom is 0.214 e. The molecule has 0 aromatic rings. The van der Waals surface area contributed by atoms with Crippen molar-refractivity contribution in [1.29, 1.82) is 0 Å². The number of nitrogens with zero attached hydrogens (tertiary/aromatic N) is 2. The molecule has 1 heterocycles. The molecule has 0 radical (unpaired) electrons. The molecule has 5 nitrogen and oxygen atoms in total. The fourth-order valence-corrected chi connectivity index (χ4v) is 3.84. The van der Waals surface area contributed by atoms with Gasteiger partial charge in [0, 0.05) is 19.1 Å². The van der Waals surface area contributed by atoms with Crippen LogP contribution in [0.1, 0.15) is 33.1 Å². The number of piperidine rings is 1. The van der Waals surface area contributed by atoms with Crippen LogP contribution in [0.15, 0.2) is 0 Å². The number of rotatable bonds is 7. The van der Waals surface area contributed by atoms with Crippen LogP contribution in [0.5, 0.6) is 0 Å². The molecule has 1 aliphatic rings. The Labute approximate surface area is 118 Å². The SMILES string of the molecule is CC(C)NCCCS(=O)(=O)N(C)C1CCN(C)CC1. The maximum absolute atomic E-state index is 12.2. The van der Waals surface area contributed by atoms with Crippen LogP contribution in [0.3, 0.4) is 0 Å². The molecule has 0 aliphatic carbocycles. The lowest BCUT2D eigenvalue weighted by atomic mass is 10.1. The van der Waals surface area contributed by atoms with Gasteiger partial charge in [0.05, 0.1) is 5.75 Å². The molecule has 114 valence electrons. The predicted octanol–water partition coefficient (Wildman–Crippen LogP) is 0.730. The maximum atomic E-state index is 12.2. The van der Waals surface area contributed by atoms with Crippen molar-refractivity contribution in [1.82, 2.24) is 14.5 Å². The van der Waals surface area contributed by atoms with Gasteiger partial charge in [0.1, 0.15) is 0 Å². The van der Waals surface area contributed by atoms with Gasteiger partial charge in [-0.1, -0.05) is 13.8 Å². The first-order valence-electron chi connectivity index (χ1n) is 7.20. The zero-order valence-corrected chi connectivity index (χ0v) is 13.5. The van der Waals surface area contributed by atoms with Gasteiger partial charge < -0.3 is 10.2 Å². The van der Waals surface area contributed by atoms with Crippen molar-refractivity contribution in [3.63, 3.8) is 0 Å². The first kappa shape index (κ1) is 16.9. The van der Waals surface area contributed by atoms with Crippen LogP contribution in [-0.2, 0) is 10.0 Å². The monoisotopic (exact) mass is 291 g/mol. The molecular weight excluding hydrogens is 262 g/mol. The Morgan fingerprint density at radius 3 is 2.42 bits per heavy atom. The summed E-state index contributed by atoms with van der Waals surface area (Å²) in [6, 6.07) is 0.591. The lowest BCUT2D eigenvalue weighted by Crippen LogP contribution is -2.45. The molecule has 6 heteroatoms. The van der Waals surface area contributed by atoms with E-state index in [1.165, 1.54) is 0 Å². The van der Waals surface area contributed by atoms with Gasteiger partial charge in [-0.3, -0.25) is 0 Å². The Kier molecular flexibility index (Phi) is 6.73. The van der Waals surface area contributed by atoms with Crippen LogP contribution in [-0.4, -0.2) is 69.2 Å². The lowest BCUT2D eigenvalue weighted by molar-refractivity contribution is 0.197. The van der Waals surface area contributed by atoms with E-state index in [9.17, 15) is 8.42 Å². The van der Waals surface area contributed by atoms with Crippen molar-refractivity contribution >= 4 is 10.0 Å². The Morgan fingerprint density at radius 1 is 1.32 bits per heavy atom. The zero-order chi connectivity index (χ0) is 14.5. The third-order valence-corrected chi connectivity index (χ3v) is 5.75. The summed E-state index contributed by atoms with van der Waals surface area (Å²) >= 11 is 0. The highest BCUT2D eigenvalue weighted by Crippen LogP contribution is 2.17. The summed E-state index contributed by atoms with van der Waals surface area (Å²) in [5, 5.41) is 3.25. The molecule has 1 fully saturated rings. The standard InChI is InChI=1S/C13H29N3O2S/c1-12(2)14-8-5-11-19(17,18)16(4)13-6-9-15(3)10-7-13/h12-14H,5-11H2,1-4H3. The Bertz CT molecular complexity index is 349. The molecule has 1 aliphatic heterocycles. The van der Waals surface area contributed by atoms with E-state index < -0.39 is 10.0 Å². The van der Waals surface area contributed by atoms with Crippen molar-refractivity contribution in [2.24, 2.45) is 0 Å². The molecule has 0 atom stereocenters. The first-order valence-corrected chi connectivity index (χ1v) is 8.81. The van der Waals surface area contributed by atoms with Crippen LogP contribution >= 0.6 is 0 Å². The summed E-state index contributed by atoms with van der Waals surface area (Å²) in [4.78, 5) is 2.25. The number of sulfonamides is 1. The number of hydrogen-bond acceptors (Lipinski definition) is 4. The quantitative estimate of drug-likeness (QED) is 0.703. The van der Waals surface area contributed by atoms with E-state index in [-0.39, 0.29) is 11.8 Å². The third kappa shape index (κ3) is 5.77. The van der Waals surface area contributed by atoms with Gasteiger partial charge in [-0.25, -0.2) is 12.7 Å². The van der Waals surface area contributed by atoms with Crippen LogP contribution in [0.4, 0.5) is 0 Å². The lowest BCUT2D eigenvalue weighted by Gasteiger charge is -2.34. The molecule has 0 spiro atoms. The summed E-state index contributed by atoms with van der Waals surface area (Å²) in [5.41, 5.74) is 0. The fraction of sp³-hybridized carbons (Fsp3) is 1.00. The number of hydrogen-bond donors (Lipinski definition) is 1. The second-order valence-corrected chi connectivity index (χ2v) is 7.98. The summed E-state index contributed by atoms with van der Waals surface area (Å²) < 4.78 is 26.1. The van der Waals surface area contributed by atoms with E-state index in [2.05, 4.69) is 31.1 Å². The van der Waals surface area contributed by atoms with Gasteiger partial charge in [0.25, 0.3) is 0 Å². The molecule has 0 bridgehead atoms. The molecule has 1 N–H and O–H groups in total. The van der Waals surface area contributed by atoms with E-state index >= 15 is 0 Å². The van der Waals surface area contributed by atoms with Crippen molar-refractivity contribution < 1.29 is 8.42 Å². The average Bonchev–Trinajstić information content (AvgIpc) is 2.34. The molecule has 0 saturated carbocycles. The van der Waals surface area contributed by atoms with E-state index in [1.54, 1.807) is 11.4 Å². The molecule has 1 saturated heterocycles. The largest absolute Gasteiger partial charge is 0.314 e. The van der Waals surface area contributed by atoms with Crippen LogP contribution in [0, 0.1) is 0 Å². The van der Waals surface area contributed by atoms with Gasteiger partial charge in [-0.15, -0.1) is 0 Å². The summed E-state index contributed by atoms with van der Waals surface area (Å²) in [7, 11) is 0.722. The first-order chi connectivity index (χ1) is 8.83. The van der Waals surface area contributed by atoms with Gasteiger partial charge in [-0.05, 0) is 45.9 Å². The predicted molar refractivity (Wildman–Crippen MR) is 79.8 cm³/mol. The molecular formula is C13H29N3O2S. The van der Waals surface area contributed by atoms with Crippen molar-refractivity contribution in [2.45, 2.75) is 45.2 Å². The molecule has 0 aromatic heterocycles. The highest BCUT2D eigenvalue weighted by molar-refractivity contribution is 7.89. The number of likely N-dealkylation sites (tertiary alicyclic amines) is 1. The normalized spacial score (nSPS) is 19.5. The molecule has 0 aromatic carbocycles. The van der Waals surface area contributed by atoms with Crippen LogP contribution in [0.25, 0.3) is 0 Å². The second kappa shape index (κ2) is 7.57. The Balaban J connectivity index is 2.38.